The Labute approximate surface area is 105 Å². The van der Waals surface area contributed by atoms with Crippen molar-refractivity contribution in [1.82, 2.24) is 0 Å². The van der Waals surface area contributed by atoms with Gasteiger partial charge >= 0.3 is 0 Å². The van der Waals surface area contributed by atoms with Crippen molar-refractivity contribution in [3.8, 4) is 5.75 Å². The van der Waals surface area contributed by atoms with E-state index >= 15 is 0 Å². The number of benzene rings is 1. The molecule has 0 aliphatic heterocycles. The highest BCUT2D eigenvalue weighted by atomic mass is 35.7. The zero-order valence-corrected chi connectivity index (χ0v) is 11.4. The third-order valence-electron chi connectivity index (χ3n) is 2.32. The number of hydrogen-bond acceptors (Lipinski definition) is 3. The maximum atomic E-state index is 13.3. The van der Waals surface area contributed by atoms with Gasteiger partial charge in [0, 0.05) is 22.3 Å². The minimum absolute atomic E-state index is 0.0129. The SMILES string of the molecule is COc1cc(F)cc(CS(=O)(=O)Cl)c1C(C)C. The summed E-state index contributed by atoms with van der Waals surface area (Å²) in [4.78, 5) is 0. The third-order valence-corrected chi connectivity index (χ3v) is 3.30. The second kappa shape index (κ2) is 5.23. The number of ether oxygens (including phenoxy) is 1. The van der Waals surface area contributed by atoms with Gasteiger partial charge in [0.1, 0.15) is 11.6 Å². The Hall–Kier alpha value is -0.810. The van der Waals surface area contributed by atoms with Gasteiger partial charge in [-0.05, 0) is 17.5 Å². The minimum atomic E-state index is -3.72. The molecule has 0 saturated heterocycles. The molecule has 0 unspecified atom stereocenters. The van der Waals surface area contributed by atoms with Crippen LogP contribution in [-0.4, -0.2) is 15.5 Å². The van der Waals surface area contributed by atoms with Crippen molar-refractivity contribution in [1.29, 1.82) is 0 Å². The lowest BCUT2D eigenvalue weighted by Crippen LogP contribution is -2.05. The molecule has 96 valence electrons. The predicted octanol–water partition coefficient (Wildman–Crippen LogP) is 3.03. The Morgan fingerprint density at radius 3 is 2.41 bits per heavy atom. The highest BCUT2D eigenvalue weighted by Crippen LogP contribution is 2.32. The van der Waals surface area contributed by atoms with Crippen molar-refractivity contribution in [3.05, 3.63) is 29.1 Å². The van der Waals surface area contributed by atoms with Gasteiger partial charge in [-0.2, -0.15) is 0 Å². The second-order valence-corrected chi connectivity index (χ2v) is 6.80. The first-order valence-corrected chi connectivity index (χ1v) is 7.51. The number of hydrogen-bond donors (Lipinski definition) is 0. The van der Waals surface area contributed by atoms with Crippen LogP contribution < -0.4 is 4.74 Å². The van der Waals surface area contributed by atoms with Crippen molar-refractivity contribution in [2.75, 3.05) is 7.11 Å². The highest BCUT2D eigenvalue weighted by molar-refractivity contribution is 8.13. The molecule has 0 aliphatic carbocycles. The Morgan fingerprint density at radius 1 is 1.41 bits per heavy atom. The third kappa shape index (κ3) is 3.85. The van der Waals surface area contributed by atoms with Crippen LogP contribution in [0.25, 0.3) is 0 Å². The van der Waals surface area contributed by atoms with Crippen LogP contribution >= 0.6 is 10.7 Å². The fraction of sp³-hybridized carbons (Fsp3) is 0.455. The molecule has 0 heterocycles. The van der Waals surface area contributed by atoms with Crippen molar-refractivity contribution >= 4 is 19.7 Å². The molecule has 0 aromatic heterocycles. The summed E-state index contributed by atoms with van der Waals surface area (Å²) in [7, 11) is 2.89. The maximum absolute atomic E-state index is 13.3. The normalized spacial score (nSPS) is 11.9. The molecule has 1 rings (SSSR count). The van der Waals surface area contributed by atoms with E-state index in [1.807, 2.05) is 13.8 Å². The largest absolute Gasteiger partial charge is 0.496 e. The van der Waals surface area contributed by atoms with Gasteiger partial charge in [-0.3, -0.25) is 0 Å². The molecule has 3 nitrogen and oxygen atoms in total. The van der Waals surface area contributed by atoms with Crippen molar-refractivity contribution in [2.45, 2.75) is 25.5 Å². The van der Waals surface area contributed by atoms with Crippen LogP contribution in [0, 0.1) is 5.82 Å². The molecule has 1 aromatic carbocycles. The van der Waals surface area contributed by atoms with Crippen LogP contribution in [0.15, 0.2) is 12.1 Å². The van der Waals surface area contributed by atoms with E-state index in [2.05, 4.69) is 0 Å². The Bertz CT molecular complexity index is 512. The zero-order valence-electron chi connectivity index (χ0n) is 9.83. The number of rotatable bonds is 4. The summed E-state index contributed by atoms with van der Waals surface area (Å²) in [6, 6.07) is 2.41. The summed E-state index contributed by atoms with van der Waals surface area (Å²) in [5.41, 5.74) is 1.00. The average molecular weight is 281 g/mol. The molecular formula is C11H14ClFO3S. The van der Waals surface area contributed by atoms with E-state index in [0.717, 1.165) is 0 Å². The van der Waals surface area contributed by atoms with Crippen LogP contribution in [0.1, 0.15) is 30.9 Å². The smallest absolute Gasteiger partial charge is 0.236 e. The average Bonchev–Trinajstić information content (AvgIpc) is 2.12. The summed E-state index contributed by atoms with van der Waals surface area (Å²) in [6.07, 6.45) is 0. The van der Waals surface area contributed by atoms with Crippen LogP contribution in [0.5, 0.6) is 5.75 Å². The van der Waals surface area contributed by atoms with Crippen LogP contribution in [0.3, 0.4) is 0 Å². The van der Waals surface area contributed by atoms with Gasteiger partial charge in [0.15, 0.2) is 0 Å². The zero-order chi connectivity index (χ0) is 13.2. The van der Waals surface area contributed by atoms with Gasteiger partial charge in [0.25, 0.3) is 0 Å². The maximum Gasteiger partial charge on any atom is 0.236 e. The van der Waals surface area contributed by atoms with Gasteiger partial charge in [0.2, 0.25) is 9.05 Å². The van der Waals surface area contributed by atoms with E-state index in [0.29, 0.717) is 16.9 Å². The summed E-state index contributed by atoms with van der Waals surface area (Å²) in [6.45, 7) is 3.75. The lowest BCUT2D eigenvalue weighted by molar-refractivity contribution is 0.403. The van der Waals surface area contributed by atoms with E-state index in [-0.39, 0.29) is 5.92 Å². The fourth-order valence-corrected chi connectivity index (χ4v) is 2.74. The predicted molar refractivity (Wildman–Crippen MR) is 65.5 cm³/mol. The highest BCUT2D eigenvalue weighted by Gasteiger charge is 2.19. The van der Waals surface area contributed by atoms with Crippen LogP contribution in [0.2, 0.25) is 0 Å². The van der Waals surface area contributed by atoms with Crippen molar-refractivity contribution in [2.24, 2.45) is 0 Å². The van der Waals surface area contributed by atoms with Gasteiger partial charge in [-0.1, -0.05) is 13.8 Å². The lowest BCUT2D eigenvalue weighted by Gasteiger charge is -2.16. The molecule has 0 radical (unpaired) electrons. The molecule has 0 aliphatic rings. The van der Waals surface area contributed by atoms with Crippen LogP contribution in [0.4, 0.5) is 4.39 Å². The van der Waals surface area contributed by atoms with Crippen molar-refractivity contribution in [3.63, 3.8) is 0 Å². The Kier molecular flexibility index (Phi) is 4.38. The summed E-state index contributed by atoms with van der Waals surface area (Å²) < 4.78 is 40.6. The first kappa shape index (κ1) is 14.3. The molecule has 0 spiro atoms. The molecular weight excluding hydrogens is 267 g/mol. The fourth-order valence-electron chi connectivity index (χ4n) is 1.78. The molecule has 0 saturated carbocycles. The Morgan fingerprint density at radius 2 is 2.00 bits per heavy atom. The first-order valence-electron chi connectivity index (χ1n) is 5.03. The van der Waals surface area contributed by atoms with E-state index in [9.17, 15) is 12.8 Å². The standard InChI is InChI=1S/C11H14ClFO3S/c1-7(2)11-8(6-17(12,14)15)4-9(13)5-10(11)16-3/h4-5,7H,6H2,1-3H3. The number of halogens is 2. The molecule has 0 bridgehead atoms. The van der Waals surface area contributed by atoms with Crippen LogP contribution in [-0.2, 0) is 14.8 Å². The van der Waals surface area contributed by atoms with Gasteiger partial charge in [-0.15, -0.1) is 0 Å². The number of methoxy groups -OCH3 is 1. The van der Waals surface area contributed by atoms with E-state index < -0.39 is 20.6 Å². The first-order chi connectivity index (χ1) is 7.74. The van der Waals surface area contributed by atoms with E-state index in [4.69, 9.17) is 15.4 Å². The molecule has 0 N–H and O–H groups in total. The topological polar surface area (TPSA) is 43.4 Å². The summed E-state index contributed by atoms with van der Waals surface area (Å²) in [5, 5.41) is 0. The lowest BCUT2D eigenvalue weighted by atomic mass is 9.97. The molecule has 0 fully saturated rings. The van der Waals surface area contributed by atoms with Gasteiger partial charge in [0.05, 0.1) is 12.9 Å². The molecule has 1 aromatic rings. The quantitative estimate of drug-likeness (QED) is 0.796. The summed E-state index contributed by atoms with van der Waals surface area (Å²) in [5.74, 6) is -0.591. The second-order valence-electron chi connectivity index (χ2n) is 4.02. The van der Waals surface area contributed by atoms with Gasteiger partial charge < -0.3 is 4.74 Å². The minimum Gasteiger partial charge on any atom is -0.496 e. The monoisotopic (exact) mass is 280 g/mol. The molecule has 0 amide bonds. The van der Waals surface area contributed by atoms with E-state index in [1.54, 1.807) is 0 Å². The summed E-state index contributed by atoms with van der Waals surface area (Å²) >= 11 is 0. The molecule has 17 heavy (non-hydrogen) atoms. The van der Waals surface area contributed by atoms with E-state index in [1.165, 1.54) is 19.2 Å². The molecule has 6 heteroatoms. The van der Waals surface area contributed by atoms with Gasteiger partial charge in [-0.25, -0.2) is 12.8 Å². The Balaban J connectivity index is 3.40. The molecule has 0 atom stereocenters. The van der Waals surface area contributed by atoms with Crippen molar-refractivity contribution < 1.29 is 17.5 Å².